The lowest BCUT2D eigenvalue weighted by Crippen LogP contribution is -2.45. The Bertz CT molecular complexity index is 951. The fraction of sp³-hybridized carbons (Fsp3) is 0.286. The van der Waals surface area contributed by atoms with Crippen LogP contribution in [0.3, 0.4) is 0 Å². The number of piperidine rings is 1. The van der Waals surface area contributed by atoms with Crippen LogP contribution in [0.25, 0.3) is 10.9 Å². The minimum atomic E-state index is -0.172. The Morgan fingerprint density at radius 2 is 2.00 bits per heavy atom. The molecule has 27 heavy (non-hydrogen) atoms. The van der Waals surface area contributed by atoms with Gasteiger partial charge in [-0.15, -0.1) is 0 Å². The Morgan fingerprint density at radius 1 is 1.19 bits per heavy atom. The summed E-state index contributed by atoms with van der Waals surface area (Å²) in [6.07, 6.45) is 6.83. The highest BCUT2D eigenvalue weighted by Gasteiger charge is 2.29. The van der Waals surface area contributed by atoms with Crippen molar-refractivity contribution in [2.24, 2.45) is 5.92 Å². The molecule has 0 aliphatic carbocycles. The van der Waals surface area contributed by atoms with Crippen LogP contribution < -0.4 is 5.32 Å². The number of para-hydroxylation sites is 1. The van der Waals surface area contributed by atoms with E-state index in [2.05, 4.69) is 15.3 Å². The number of aromatic nitrogens is 2. The minimum Gasteiger partial charge on any atom is -0.360 e. The van der Waals surface area contributed by atoms with E-state index in [-0.39, 0.29) is 17.7 Å². The third-order valence-corrected chi connectivity index (χ3v) is 5.12. The largest absolute Gasteiger partial charge is 0.360 e. The molecule has 6 nitrogen and oxygen atoms in total. The van der Waals surface area contributed by atoms with Gasteiger partial charge in [-0.25, -0.2) is 0 Å². The second-order valence-corrected chi connectivity index (χ2v) is 6.91. The van der Waals surface area contributed by atoms with Crippen molar-refractivity contribution in [1.29, 1.82) is 0 Å². The number of H-pyrrole nitrogens is 1. The predicted molar refractivity (Wildman–Crippen MR) is 103 cm³/mol. The van der Waals surface area contributed by atoms with Crippen LogP contribution in [0.4, 0.5) is 0 Å². The van der Waals surface area contributed by atoms with E-state index in [0.29, 0.717) is 25.2 Å². The normalized spacial score (nSPS) is 17.0. The zero-order valence-electron chi connectivity index (χ0n) is 15.0. The molecule has 6 heteroatoms. The molecule has 4 rings (SSSR count). The van der Waals surface area contributed by atoms with Crippen molar-refractivity contribution in [3.8, 4) is 0 Å². The van der Waals surface area contributed by atoms with Gasteiger partial charge in [0.2, 0.25) is 5.91 Å². The summed E-state index contributed by atoms with van der Waals surface area (Å²) in [5, 5.41) is 3.90. The van der Waals surface area contributed by atoms with Gasteiger partial charge in [0.15, 0.2) is 0 Å². The highest BCUT2D eigenvalue weighted by molar-refractivity contribution is 6.06. The summed E-state index contributed by atoms with van der Waals surface area (Å²) >= 11 is 0. The highest BCUT2D eigenvalue weighted by Crippen LogP contribution is 2.23. The molecule has 1 aromatic carbocycles. The molecule has 3 aromatic rings. The fourth-order valence-corrected chi connectivity index (χ4v) is 3.63. The number of carbonyl (C=O) groups is 2. The molecule has 1 saturated heterocycles. The number of benzene rings is 1. The number of fused-ring (bicyclic) bond motifs is 1. The molecule has 1 unspecified atom stereocenters. The standard InChI is InChI=1S/C21H22N4O2/c26-20(24-12-15-7-9-22-10-8-15)16-4-3-11-25(14-16)21(27)18-13-23-19-6-2-1-5-17(18)19/h1-2,5-10,13,16,23H,3-4,11-12,14H2,(H,24,26). The van der Waals surface area contributed by atoms with E-state index in [4.69, 9.17) is 0 Å². The lowest BCUT2D eigenvalue weighted by molar-refractivity contribution is -0.126. The molecule has 0 spiro atoms. The summed E-state index contributed by atoms with van der Waals surface area (Å²) in [7, 11) is 0. The lowest BCUT2D eigenvalue weighted by Gasteiger charge is -2.32. The van der Waals surface area contributed by atoms with E-state index >= 15 is 0 Å². The van der Waals surface area contributed by atoms with E-state index < -0.39 is 0 Å². The third kappa shape index (κ3) is 3.69. The molecule has 1 fully saturated rings. The van der Waals surface area contributed by atoms with Gasteiger partial charge < -0.3 is 15.2 Å². The first-order chi connectivity index (χ1) is 13.2. The zero-order valence-corrected chi connectivity index (χ0v) is 15.0. The molecule has 0 bridgehead atoms. The van der Waals surface area contributed by atoms with Crippen LogP contribution in [0.1, 0.15) is 28.8 Å². The molecule has 0 saturated carbocycles. The summed E-state index contributed by atoms with van der Waals surface area (Å²) in [5.41, 5.74) is 2.63. The number of pyridine rings is 1. The van der Waals surface area contributed by atoms with Crippen LogP contribution in [0.2, 0.25) is 0 Å². The number of rotatable bonds is 4. The van der Waals surface area contributed by atoms with Crippen molar-refractivity contribution in [2.45, 2.75) is 19.4 Å². The second-order valence-electron chi connectivity index (χ2n) is 6.91. The van der Waals surface area contributed by atoms with Crippen LogP contribution in [-0.4, -0.2) is 39.8 Å². The maximum absolute atomic E-state index is 13.0. The Hall–Kier alpha value is -3.15. The fourth-order valence-electron chi connectivity index (χ4n) is 3.63. The van der Waals surface area contributed by atoms with Crippen LogP contribution in [0, 0.1) is 5.92 Å². The Morgan fingerprint density at radius 3 is 2.85 bits per heavy atom. The molecule has 2 N–H and O–H groups in total. The molecule has 1 aliphatic rings. The maximum atomic E-state index is 13.0. The number of aromatic amines is 1. The summed E-state index contributed by atoms with van der Waals surface area (Å²) in [5.74, 6) is -0.183. The van der Waals surface area contributed by atoms with Crippen LogP contribution in [-0.2, 0) is 11.3 Å². The third-order valence-electron chi connectivity index (χ3n) is 5.12. The van der Waals surface area contributed by atoms with E-state index in [0.717, 1.165) is 29.3 Å². The monoisotopic (exact) mass is 362 g/mol. The topological polar surface area (TPSA) is 78.1 Å². The van der Waals surface area contributed by atoms with Crippen LogP contribution >= 0.6 is 0 Å². The van der Waals surface area contributed by atoms with Gasteiger partial charge in [0, 0.05) is 49.1 Å². The van der Waals surface area contributed by atoms with Gasteiger partial charge in [-0.1, -0.05) is 18.2 Å². The quantitative estimate of drug-likeness (QED) is 0.749. The molecule has 138 valence electrons. The average Bonchev–Trinajstić information content (AvgIpc) is 3.16. The van der Waals surface area contributed by atoms with Gasteiger partial charge in [-0.3, -0.25) is 14.6 Å². The molecule has 0 radical (unpaired) electrons. The zero-order chi connectivity index (χ0) is 18.6. The Balaban J connectivity index is 1.41. The minimum absolute atomic E-state index is 0.00300. The van der Waals surface area contributed by atoms with Crippen molar-refractivity contribution in [2.75, 3.05) is 13.1 Å². The number of hydrogen-bond acceptors (Lipinski definition) is 3. The summed E-state index contributed by atoms with van der Waals surface area (Å²) in [4.78, 5) is 34.5. The van der Waals surface area contributed by atoms with E-state index in [1.165, 1.54) is 0 Å². The first-order valence-corrected chi connectivity index (χ1v) is 9.24. The van der Waals surface area contributed by atoms with Crippen molar-refractivity contribution < 1.29 is 9.59 Å². The lowest BCUT2D eigenvalue weighted by atomic mass is 9.96. The van der Waals surface area contributed by atoms with Gasteiger partial charge >= 0.3 is 0 Å². The van der Waals surface area contributed by atoms with Gasteiger partial charge in [0.05, 0.1) is 11.5 Å². The number of carbonyl (C=O) groups excluding carboxylic acids is 2. The van der Waals surface area contributed by atoms with Crippen molar-refractivity contribution in [3.63, 3.8) is 0 Å². The summed E-state index contributed by atoms with van der Waals surface area (Å²) < 4.78 is 0. The van der Waals surface area contributed by atoms with E-state index in [1.807, 2.05) is 36.4 Å². The molecular weight excluding hydrogens is 340 g/mol. The van der Waals surface area contributed by atoms with Gasteiger partial charge in [-0.05, 0) is 36.6 Å². The van der Waals surface area contributed by atoms with Crippen molar-refractivity contribution in [3.05, 3.63) is 66.1 Å². The van der Waals surface area contributed by atoms with Crippen LogP contribution in [0.5, 0.6) is 0 Å². The molecule has 1 atom stereocenters. The Kier molecular flexibility index (Phi) is 4.87. The van der Waals surface area contributed by atoms with Crippen LogP contribution in [0.15, 0.2) is 55.0 Å². The molecular formula is C21H22N4O2. The number of amides is 2. The van der Waals surface area contributed by atoms with Gasteiger partial charge in [-0.2, -0.15) is 0 Å². The molecule has 2 amide bonds. The van der Waals surface area contributed by atoms with Gasteiger partial charge in [0.1, 0.15) is 0 Å². The van der Waals surface area contributed by atoms with E-state index in [9.17, 15) is 9.59 Å². The van der Waals surface area contributed by atoms with Crippen molar-refractivity contribution >= 4 is 22.7 Å². The second kappa shape index (κ2) is 7.61. The van der Waals surface area contributed by atoms with Gasteiger partial charge in [0.25, 0.3) is 5.91 Å². The number of nitrogens with one attached hydrogen (secondary N) is 2. The Labute approximate surface area is 157 Å². The number of nitrogens with zero attached hydrogens (tertiary/aromatic N) is 2. The SMILES string of the molecule is O=C(NCc1ccncc1)C1CCCN(C(=O)c2c[nH]c3ccccc23)C1. The average molecular weight is 362 g/mol. The maximum Gasteiger partial charge on any atom is 0.256 e. The predicted octanol–water partition coefficient (Wildman–Crippen LogP) is 2.73. The first-order valence-electron chi connectivity index (χ1n) is 9.24. The first kappa shape index (κ1) is 17.3. The van der Waals surface area contributed by atoms with Crippen molar-refractivity contribution in [1.82, 2.24) is 20.2 Å². The smallest absolute Gasteiger partial charge is 0.256 e. The molecule has 2 aromatic heterocycles. The van der Waals surface area contributed by atoms with E-state index in [1.54, 1.807) is 23.5 Å². The summed E-state index contributed by atoms with van der Waals surface area (Å²) in [6, 6.07) is 11.5. The summed E-state index contributed by atoms with van der Waals surface area (Å²) in [6.45, 7) is 1.63. The molecule has 3 heterocycles. The highest BCUT2D eigenvalue weighted by atomic mass is 16.2. The number of hydrogen-bond donors (Lipinski definition) is 2. The molecule has 1 aliphatic heterocycles. The number of likely N-dealkylation sites (tertiary alicyclic amines) is 1.